The molecule has 1 heterocycles. The average molecular weight is 229 g/mol. The van der Waals surface area contributed by atoms with Gasteiger partial charge in [-0.1, -0.05) is 6.92 Å². The molecule has 0 aliphatic carbocycles. The van der Waals surface area contributed by atoms with Crippen LogP contribution in [0.2, 0.25) is 0 Å². The van der Waals surface area contributed by atoms with Crippen LogP contribution >= 0.6 is 23.1 Å². The summed E-state index contributed by atoms with van der Waals surface area (Å²) in [5.41, 5.74) is 0. The van der Waals surface area contributed by atoms with Crippen LogP contribution in [0.3, 0.4) is 0 Å². The number of hydrogen-bond acceptors (Lipinski definition) is 3. The highest BCUT2D eigenvalue weighted by atomic mass is 32.2. The third-order valence-corrected chi connectivity index (χ3v) is 3.92. The molecule has 80 valence electrons. The summed E-state index contributed by atoms with van der Waals surface area (Å²) in [5, 5.41) is 3.54. The minimum absolute atomic E-state index is 0.561. The zero-order valence-corrected chi connectivity index (χ0v) is 10.8. The smallest absolute Gasteiger partial charge is 0.0422 e. The Morgan fingerprint density at radius 2 is 2.29 bits per heavy atom. The molecule has 0 saturated carbocycles. The summed E-state index contributed by atoms with van der Waals surface area (Å²) in [6.45, 7) is 5.40. The zero-order chi connectivity index (χ0) is 10.4. The van der Waals surface area contributed by atoms with Crippen molar-refractivity contribution in [2.75, 3.05) is 18.6 Å². The predicted octanol–water partition coefficient (Wildman–Crippen LogP) is 3.46. The van der Waals surface area contributed by atoms with Gasteiger partial charge in [-0.25, -0.2) is 0 Å². The van der Waals surface area contributed by atoms with E-state index in [4.69, 9.17) is 0 Å². The summed E-state index contributed by atoms with van der Waals surface area (Å²) in [7, 11) is 0. The van der Waals surface area contributed by atoms with Crippen LogP contribution in [-0.4, -0.2) is 18.6 Å². The molecule has 0 bridgehead atoms. The monoisotopic (exact) mass is 229 g/mol. The fourth-order valence-corrected chi connectivity index (χ4v) is 2.93. The molecule has 0 radical (unpaired) electrons. The van der Waals surface area contributed by atoms with Crippen molar-refractivity contribution in [1.29, 1.82) is 0 Å². The second-order valence-electron chi connectivity index (χ2n) is 3.34. The van der Waals surface area contributed by atoms with Crippen LogP contribution < -0.4 is 5.32 Å². The highest BCUT2D eigenvalue weighted by Crippen LogP contribution is 2.25. The molecule has 1 rings (SSSR count). The standard InChI is InChI=1S/C11H19NS2/c1-4-12-10(7-8-13-3)11-6-5-9(2)14-11/h5-6,10,12H,4,7-8H2,1-3H3. The second kappa shape index (κ2) is 6.49. The van der Waals surface area contributed by atoms with Crippen molar-refractivity contribution < 1.29 is 0 Å². The number of rotatable bonds is 6. The number of aryl methyl sites for hydroxylation is 1. The summed E-state index contributed by atoms with van der Waals surface area (Å²) < 4.78 is 0. The van der Waals surface area contributed by atoms with E-state index in [9.17, 15) is 0 Å². The Hall–Kier alpha value is 0.01000. The summed E-state index contributed by atoms with van der Waals surface area (Å²) in [4.78, 5) is 2.89. The molecule has 0 aliphatic rings. The van der Waals surface area contributed by atoms with Gasteiger partial charge >= 0.3 is 0 Å². The summed E-state index contributed by atoms with van der Waals surface area (Å²) >= 11 is 3.84. The van der Waals surface area contributed by atoms with E-state index in [0.717, 1.165) is 6.54 Å². The predicted molar refractivity (Wildman–Crippen MR) is 68.5 cm³/mol. The van der Waals surface area contributed by atoms with Gasteiger partial charge in [-0.15, -0.1) is 11.3 Å². The Labute approximate surface area is 95.3 Å². The number of hydrogen-bond donors (Lipinski definition) is 1. The van der Waals surface area contributed by atoms with E-state index in [1.165, 1.54) is 21.9 Å². The highest BCUT2D eigenvalue weighted by Gasteiger charge is 2.11. The minimum Gasteiger partial charge on any atom is -0.309 e. The topological polar surface area (TPSA) is 12.0 Å². The lowest BCUT2D eigenvalue weighted by Gasteiger charge is -2.15. The van der Waals surface area contributed by atoms with Crippen molar-refractivity contribution in [2.45, 2.75) is 26.3 Å². The molecule has 1 unspecified atom stereocenters. The molecule has 0 saturated heterocycles. The Bertz CT molecular complexity index is 258. The first kappa shape index (κ1) is 12.1. The van der Waals surface area contributed by atoms with E-state index in [-0.39, 0.29) is 0 Å². The molecular formula is C11H19NS2. The van der Waals surface area contributed by atoms with Gasteiger partial charge in [-0.05, 0) is 44.0 Å². The van der Waals surface area contributed by atoms with Gasteiger partial charge in [-0.3, -0.25) is 0 Å². The van der Waals surface area contributed by atoms with Crippen molar-refractivity contribution in [1.82, 2.24) is 5.32 Å². The molecule has 0 aliphatic heterocycles. The van der Waals surface area contributed by atoms with Gasteiger partial charge in [0.25, 0.3) is 0 Å². The van der Waals surface area contributed by atoms with Crippen molar-refractivity contribution in [3.05, 3.63) is 21.9 Å². The fourth-order valence-electron chi connectivity index (χ4n) is 1.47. The second-order valence-corrected chi connectivity index (χ2v) is 5.65. The van der Waals surface area contributed by atoms with Crippen molar-refractivity contribution in [3.63, 3.8) is 0 Å². The molecule has 3 heteroatoms. The van der Waals surface area contributed by atoms with Crippen LogP contribution in [0.1, 0.15) is 29.1 Å². The summed E-state index contributed by atoms with van der Waals surface area (Å²) in [5.74, 6) is 1.23. The maximum atomic E-state index is 3.54. The van der Waals surface area contributed by atoms with Crippen LogP contribution in [0.15, 0.2) is 12.1 Å². The minimum atomic E-state index is 0.561. The average Bonchev–Trinajstić information content (AvgIpc) is 2.59. The SMILES string of the molecule is CCNC(CCSC)c1ccc(C)s1. The Morgan fingerprint density at radius 1 is 1.50 bits per heavy atom. The first-order valence-electron chi connectivity index (χ1n) is 5.06. The van der Waals surface area contributed by atoms with E-state index >= 15 is 0 Å². The molecular weight excluding hydrogens is 210 g/mol. The largest absolute Gasteiger partial charge is 0.309 e. The first-order chi connectivity index (χ1) is 6.77. The molecule has 0 spiro atoms. The van der Waals surface area contributed by atoms with Gasteiger partial charge in [0.05, 0.1) is 0 Å². The molecule has 1 nitrogen and oxygen atoms in total. The molecule has 14 heavy (non-hydrogen) atoms. The molecule has 0 amide bonds. The molecule has 1 aromatic rings. The number of nitrogens with one attached hydrogen (secondary N) is 1. The maximum Gasteiger partial charge on any atom is 0.0422 e. The van der Waals surface area contributed by atoms with Crippen LogP contribution in [0.5, 0.6) is 0 Å². The Kier molecular flexibility index (Phi) is 5.60. The van der Waals surface area contributed by atoms with Crippen molar-refractivity contribution in [3.8, 4) is 0 Å². The van der Waals surface area contributed by atoms with Crippen LogP contribution in [0.4, 0.5) is 0 Å². The molecule has 0 aromatic carbocycles. The Morgan fingerprint density at radius 3 is 2.79 bits per heavy atom. The van der Waals surface area contributed by atoms with Crippen LogP contribution in [0.25, 0.3) is 0 Å². The third-order valence-electron chi connectivity index (χ3n) is 2.17. The van der Waals surface area contributed by atoms with Gasteiger partial charge in [0.1, 0.15) is 0 Å². The van der Waals surface area contributed by atoms with E-state index in [2.05, 4.69) is 37.6 Å². The zero-order valence-electron chi connectivity index (χ0n) is 9.17. The van der Waals surface area contributed by atoms with E-state index < -0.39 is 0 Å². The van der Waals surface area contributed by atoms with Gasteiger partial charge < -0.3 is 5.32 Å². The van der Waals surface area contributed by atoms with Gasteiger partial charge in [-0.2, -0.15) is 11.8 Å². The van der Waals surface area contributed by atoms with Crippen LogP contribution in [-0.2, 0) is 0 Å². The van der Waals surface area contributed by atoms with Gasteiger partial charge in [0, 0.05) is 15.8 Å². The first-order valence-corrected chi connectivity index (χ1v) is 7.27. The quantitative estimate of drug-likeness (QED) is 0.802. The van der Waals surface area contributed by atoms with Crippen molar-refractivity contribution >= 4 is 23.1 Å². The molecule has 0 fully saturated rings. The normalized spacial score (nSPS) is 13.1. The lowest BCUT2D eigenvalue weighted by atomic mass is 10.2. The van der Waals surface area contributed by atoms with E-state index in [1.807, 2.05) is 23.1 Å². The molecule has 1 aromatic heterocycles. The third kappa shape index (κ3) is 3.64. The maximum absolute atomic E-state index is 3.54. The summed E-state index contributed by atoms with van der Waals surface area (Å²) in [6, 6.07) is 5.03. The lowest BCUT2D eigenvalue weighted by Crippen LogP contribution is -2.20. The number of thiophene rings is 1. The number of thioether (sulfide) groups is 1. The highest BCUT2D eigenvalue weighted by molar-refractivity contribution is 7.98. The molecule has 1 atom stereocenters. The lowest BCUT2D eigenvalue weighted by molar-refractivity contribution is 0.549. The van der Waals surface area contributed by atoms with E-state index in [1.54, 1.807) is 0 Å². The Balaban J connectivity index is 2.57. The summed E-state index contributed by atoms with van der Waals surface area (Å²) in [6.07, 6.45) is 3.40. The van der Waals surface area contributed by atoms with Crippen molar-refractivity contribution in [2.24, 2.45) is 0 Å². The molecule has 1 N–H and O–H groups in total. The van der Waals surface area contributed by atoms with Gasteiger partial charge in [0.2, 0.25) is 0 Å². The van der Waals surface area contributed by atoms with E-state index in [0.29, 0.717) is 6.04 Å². The van der Waals surface area contributed by atoms with Crippen LogP contribution in [0, 0.1) is 6.92 Å². The van der Waals surface area contributed by atoms with Gasteiger partial charge in [0.15, 0.2) is 0 Å². The fraction of sp³-hybridized carbons (Fsp3) is 0.636.